The lowest BCUT2D eigenvalue weighted by Gasteiger charge is -2.25. The van der Waals surface area contributed by atoms with E-state index in [0.717, 1.165) is 18.4 Å². The Labute approximate surface area is 225 Å². The van der Waals surface area contributed by atoms with E-state index < -0.39 is 26.2 Å². The third-order valence-electron chi connectivity index (χ3n) is 7.12. The third-order valence-corrected chi connectivity index (χ3v) is 9.71. The molecule has 2 fully saturated rings. The summed E-state index contributed by atoms with van der Waals surface area (Å²) in [5.41, 5.74) is 0.948. The van der Waals surface area contributed by atoms with Gasteiger partial charge in [0.15, 0.2) is 0 Å². The fourth-order valence-corrected chi connectivity index (χ4v) is 6.51. The first kappa shape index (κ1) is 26.7. The summed E-state index contributed by atoms with van der Waals surface area (Å²) in [6.45, 7) is 1.00. The van der Waals surface area contributed by atoms with Crippen molar-refractivity contribution in [1.29, 1.82) is 5.26 Å². The second-order valence-corrected chi connectivity index (χ2v) is 12.1. The number of carbonyl (C=O) groups excluding carboxylic acids is 1. The molecule has 1 saturated carbocycles. The number of benzene rings is 1. The minimum atomic E-state index is -3.67. The maximum atomic E-state index is 13.4. The second-order valence-electron chi connectivity index (χ2n) is 9.76. The van der Waals surface area contributed by atoms with Crippen molar-refractivity contribution in [1.82, 2.24) is 24.4 Å². The van der Waals surface area contributed by atoms with Gasteiger partial charge in [-0.05, 0) is 49.4 Å². The van der Waals surface area contributed by atoms with Crippen molar-refractivity contribution in [3.8, 4) is 11.9 Å². The van der Waals surface area contributed by atoms with Crippen molar-refractivity contribution in [2.24, 2.45) is 7.05 Å². The van der Waals surface area contributed by atoms with E-state index in [1.807, 2.05) is 6.07 Å². The standard InChI is InChI=1S/C26H28N6O6S/c1-31-22-20(12-21(25(31)34)23(33)28-14-19-6-4-18(13-27)5-7-19)15-29-30-24(22)38-16-26(8-9-26)39(35,36)32-10-2-3-11-37-17-32/h4-7,12,15H,2-3,8-11,14,16-17H2,1H3,(H,28,33). The summed E-state index contributed by atoms with van der Waals surface area (Å²) in [7, 11) is -2.17. The Morgan fingerprint density at radius 3 is 2.74 bits per heavy atom. The monoisotopic (exact) mass is 552 g/mol. The fraction of sp³-hybridized carbons (Fsp3) is 0.423. The Bertz CT molecular complexity index is 1600. The van der Waals surface area contributed by atoms with Gasteiger partial charge in [-0.15, -0.1) is 5.10 Å². The van der Waals surface area contributed by atoms with Gasteiger partial charge in [0.05, 0.1) is 17.8 Å². The molecule has 39 heavy (non-hydrogen) atoms. The van der Waals surface area contributed by atoms with E-state index >= 15 is 0 Å². The topological polar surface area (TPSA) is 157 Å². The number of aryl methyl sites for hydroxylation is 1. The van der Waals surface area contributed by atoms with Gasteiger partial charge in [0.2, 0.25) is 10.0 Å². The summed E-state index contributed by atoms with van der Waals surface area (Å²) in [4.78, 5) is 26.0. The number of amides is 1. The van der Waals surface area contributed by atoms with Crippen molar-refractivity contribution >= 4 is 26.8 Å². The zero-order valence-electron chi connectivity index (χ0n) is 21.4. The molecule has 1 aromatic carbocycles. The molecule has 1 amide bonds. The van der Waals surface area contributed by atoms with Crippen LogP contribution in [0.3, 0.4) is 0 Å². The van der Waals surface area contributed by atoms with Gasteiger partial charge >= 0.3 is 0 Å². The molecule has 2 aromatic heterocycles. The number of hydrogen-bond donors (Lipinski definition) is 1. The minimum Gasteiger partial charge on any atom is -0.473 e. The van der Waals surface area contributed by atoms with Crippen LogP contribution in [0, 0.1) is 11.3 Å². The lowest BCUT2D eigenvalue weighted by molar-refractivity contribution is 0.0900. The summed E-state index contributed by atoms with van der Waals surface area (Å²) in [6, 6.07) is 10.2. The van der Waals surface area contributed by atoms with E-state index in [0.29, 0.717) is 42.5 Å². The summed E-state index contributed by atoms with van der Waals surface area (Å²) < 4.78 is 39.6. The maximum absolute atomic E-state index is 13.4. The van der Waals surface area contributed by atoms with Gasteiger partial charge in [0, 0.05) is 32.1 Å². The number of rotatable bonds is 8. The maximum Gasteiger partial charge on any atom is 0.263 e. The lowest BCUT2D eigenvalue weighted by atomic mass is 10.1. The summed E-state index contributed by atoms with van der Waals surface area (Å²) in [5.74, 6) is -0.547. The first-order chi connectivity index (χ1) is 18.8. The number of aromatic nitrogens is 3. The van der Waals surface area contributed by atoms with Gasteiger partial charge in [-0.2, -0.15) is 14.7 Å². The van der Waals surface area contributed by atoms with Crippen molar-refractivity contribution in [2.75, 3.05) is 26.5 Å². The zero-order valence-corrected chi connectivity index (χ0v) is 22.2. The van der Waals surface area contributed by atoms with Gasteiger partial charge in [0.1, 0.15) is 29.2 Å². The van der Waals surface area contributed by atoms with Crippen molar-refractivity contribution in [2.45, 2.75) is 37.0 Å². The van der Waals surface area contributed by atoms with Crippen molar-refractivity contribution < 1.29 is 22.7 Å². The van der Waals surface area contributed by atoms with Crippen LogP contribution in [0.25, 0.3) is 10.9 Å². The van der Waals surface area contributed by atoms with Crippen LogP contribution >= 0.6 is 0 Å². The van der Waals surface area contributed by atoms with Crippen LogP contribution < -0.4 is 15.6 Å². The highest BCUT2D eigenvalue weighted by Gasteiger charge is 2.58. The van der Waals surface area contributed by atoms with E-state index in [1.54, 1.807) is 24.3 Å². The molecule has 1 N–H and O–H groups in total. The molecule has 0 spiro atoms. The van der Waals surface area contributed by atoms with E-state index in [2.05, 4.69) is 15.5 Å². The molecule has 0 radical (unpaired) electrons. The van der Waals surface area contributed by atoms with Crippen LogP contribution in [0.2, 0.25) is 0 Å². The van der Waals surface area contributed by atoms with Crippen LogP contribution in [0.1, 0.15) is 47.2 Å². The van der Waals surface area contributed by atoms with Crippen LogP contribution in [0.4, 0.5) is 0 Å². The largest absolute Gasteiger partial charge is 0.473 e. The van der Waals surface area contributed by atoms with E-state index in [4.69, 9.17) is 14.7 Å². The molecular weight excluding hydrogens is 524 g/mol. The van der Waals surface area contributed by atoms with Crippen molar-refractivity contribution in [3.63, 3.8) is 0 Å². The highest BCUT2D eigenvalue weighted by Crippen LogP contribution is 2.46. The normalized spacial score (nSPS) is 17.2. The molecule has 1 aliphatic carbocycles. The van der Waals surface area contributed by atoms with E-state index in [9.17, 15) is 18.0 Å². The highest BCUT2D eigenvalue weighted by molar-refractivity contribution is 7.90. The predicted molar refractivity (Wildman–Crippen MR) is 140 cm³/mol. The Balaban J connectivity index is 1.35. The Morgan fingerprint density at radius 2 is 2.03 bits per heavy atom. The number of sulfonamides is 1. The van der Waals surface area contributed by atoms with Crippen molar-refractivity contribution in [3.05, 3.63) is 63.6 Å². The molecule has 0 bridgehead atoms. The van der Waals surface area contributed by atoms with Gasteiger partial charge < -0.3 is 19.4 Å². The number of nitrogens with zero attached hydrogens (tertiary/aromatic N) is 5. The highest BCUT2D eigenvalue weighted by atomic mass is 32.2. The van der Waals surface area contributed by atoms with Gasteiger partial charge in [-0.25, -0.2) is 8.42 Å². The quantitative estimate of drug-likeness (QED) is 0.437. The van der Waals surface area contributed by atoms with Crippen LogP contribution in [-0.2, 0) is 28.4 Å². The Morgan fingerprint density at radius 1 is 1.26 bits per heavy atom. The molecule has 0 atom stereocenters. The summed E-state index contributed by atoms with van der Waals surface area (Å²) in [6.07, 6.45) is 3.86. The number of ether oxygens (including phenoxy) is 2. The van der Waals surface area contributed by atoms with E-state index in [1.165, 1.54) is 28.2 Å². The second kappa shape index (κ2) is 10.7. The molecule has 2 aliphatic rings. The molecule has 1 aliphatic heterocycles. The van der Waals surface area contributed by atoms with Crippen LogP contribution in [0.5, 0.6) is 5.88 Å². The lowest BCUT2D eigenvalue weighted by Crippen LogP contribution is -2.44. The minimum absolute atomic E-state index is 0.0187. The zero-order chi connectivity index (χ0) is 27.6. The Hall–Kier alpha value is -3.86. The average molecular weight is 553 g/mol. The molecule has 0 unspecified atom stereocenters. The van der Waals surface area contributed by atoms with Crippen LogP contribution in [0.15, 0.2) is 41.3 Å². The molecule has 12 nitrogen and oxygen atoms in total. The molecule has 13 heteroatoms. The third kappa shape index (κ3) is 5.23. The number of hydrogen-bond acceptors (Lipinski definition) is 9. The smallest absolute Gasteiger partial charge is 0.263 e. The fourth-order valence-electron chi connectivity index (χ4n) is 4.55. The molecule has 3 heterocycles. The number of nitriles is 1. The number of fused-ring (bicyclic) bond motifs is 1. The van der Waals surface area contributed by atoms with E-state index in [-0.39, 0.29) is 31.3 Å². The Kier molecular flexibility index (Phi) is 7.35. The molecule has 204 valence electrons. The average Bonchev–Trinajstić information content (AvgIpc) is 3.78. The molecule has 5 rings (SSSR count). The van der Waals surface area contributed by atoms with Gasteiger partial charge in [-0.3, -0.25) is 9.59 Å². The number of carbonyl (C=O) groups is 1. The molecule has 1 saturated heterocycles. The summed E-state index contributed by atoms with van der Waals surface area (Å²) >= 11 is 0. The molecular formula is C26H28N6O6S. The molecule has 3 aromatic rings. The number of nitrogens with one attached hydrogen (secondary N) is 1. The number of pyridine rings is 1. The summed E-state index contributed by atoms with van der Waals surface area (Å²) in [5, 5.41) is 20.1. The SMILES string of the molecule is Cn1c(=O)c(C(=O)NCc2ccc(C#N)cc2)cc2cnnc(OCC3(S(=O)(=O)N4CCCCOC4)CC3)c21. The first-order valence-electron chi connectivity index (χ1n) is 12.6. The van der Waals surface area contributed by atoms with Gasteiger partial charge in [-0.1, -0.05) is 12.1 Å². The first-order valence-corrected chi connectivity index (χ1v) is 14.0. The van der Waals surface area contributed by atoms with Crippen LogP contribution in [-0.4, -0.2) is 64.6 Å². The predicted octanol–water partition coefficient (Wildman–Crippen LogP) is 1.44. The van der Waals surface area contributed by atoms with Gasteiger partial charge in [0.25, 0.3) is 17.3 Å².